The summed E-state index contributed by atoms with van der Waals surface area (Å²) < 4.78 is 0. The molecule has 3 nitrogen and oxygen atoms in total. The monoisotopic (exact) mass is 173 g/mol. The smallest absolute Gasteiger partial charge is 0.0513 e. The van der Waals surface area contributed by atoms with Crippen molar-refractivity contribution in [1.29, 1.82) is 0 Å². The van der Waals surface area contributed by atoms with Crippen molar-refractivity contribution in [3.8, 4) is 0 Å². The lowest BCUT2D eigenvalue weighted by atomic mass is 9.96. The first-order valence-corrected chi connectivity index (χ1v) is 4.23. The van der Waals surface area contributed by atoms with Gasteiger partial charge >= 0.3 is 0 Å². The van der Waals surface area contributed by atoms with Gasteiger partial charge in [-0.05, 0) is 17.7 Å². The lowest BCUT2D eigenvalue weighted by Crippen LogP contribution is -2.16. The van der Waals surface area contributed by atoms with Crippen molar-refractivity contribution in [2.24, 2.45) is 10.7 Å². The van der Waals surface area contributed by atoms with E-state index in [9.17, 15) is 0 Å². The minimum Gasteiger partial charge on any atom is -0.401 e. The average Bonchev–Trinajstić information content (AvgIpc) is 2.20. The van der Waals surface area contributed by atoms with Crippen molar-refractivity contribution >= 4 is 6.21 Å². The summed E-state index contributed by atoms with van der Waals surface area (Å²) in [7, 11) is 0. The Kier molecular flexibility index (Phi) is 2.08. The summed E-state index contributed by atoms with van der Waals surface area (Å²) in [4.78, 5) is 8.24. The topological polar surface area (TPSA) is 51.3 Å². The van der Waals surface area contributed by atoms with E-state index in [4.69, 9.17) is 5.73 Å². The van der Waals surface area contributed by atoms with Gasteiger partial charge in [0.25, 0.3) is 0 Å². The third-order valence-electron chi connectivity index (χ3n) is 2.15. The maximum Gasteiger partial charge on any atom is 0.0513 e. The van der Waals surface area contributed by atoms with Gasteiger partial charge in [0.2, 0.25) is 0 Å². The van der Waals surface area contributed by atoms with Crippen LogP contribution in [-0.4, -0.2) is 17.7 Å². The lowest BCUT2D eigenvalue weighted by Gasteiger charge is -2.17. The van der Waals surface area contributed by atoms with E-state index in [2.05, 4.69) is 9.98 Å². The van der Waals surface area contributed by atoms with Crippen molar-refractivity contribution in [1.82, 2.24) is 4.98 Å². The van der Waals surface area contributed by atoms with E-state index in [1.54, 1.807) is 12.4 Å². The SMILES string of the molecule is NC1=CC=NCC1c1cccnc1. The van der Waals surface area contributed by atoms with Crippen LogP contribution >= 0.6 is 0 Å². The molecule has 2 rings (SSSR count). The van der Waals surface area contributed by atoms with Crippen molar-refractivity contribution in [2.75, 3.05) is 6.54 Å². The van der Waals surface area contributed by atoms with Crippen LogP contribution in [0.15, 0.2) is 41.3 Å². The van der Waals surface area contributed by atoms with Gasteiger partial charge in [0, 0.05) is 30.2 Å². The van der Waals surface area contributed by atoms with Crippen LogP contribution in [-0.2, 0) is 0 Å². The Morgan fingerprint density at radius 3 is 3.08 bits per heavy atom. The highest BCUT2D eigenvalue weighted by Crippen LogP contribution is 2.21. The molecule has 66 valence electrons. The van der Waals surface area contributed by atoms with Crippen LogP contribution in [0.25, 0.3) is 0 Å². The molecule has 1 aromatic rings. The summed E-state index contributed by atoms with van der Waals surface area (Å²) >= 11 is 0. The second kappa shape index (κ2) is 3.39. The number of aromatic nitrogens is 1. The molecule has 1 aliphatic heterocycles. The largest absolute Gasteiger partial charge is 0.401 e. The maximum absolute atomic E-state index is 5.85. The summed E-state index contributed by atoms with van der Waals surface area (Å²) in [5.74, 6) is 0.207. The fraction of sp³-hybridized carbons (Fsp3) is 0.200. The van der Waals surface area contributed by atoms with Crippen LogP contribution in [0, 0.1) is 0 Å². The molecule has 13 heavy (non-hydrogen) atoms. The molecule has 0 radical (unpaired) electrons. The number of aliphatic imine (C=N–C) groups is 1. The van der Waals surface area contributed by atoms with Gasteiger partial charge in [0.15, 0.2) is 0 Å². The van der Waals surface area contributed by atoms with Gasteiger partial charge in [-0.3, -0.25) is 9.98 Å². The van der Waals surface area contributed by atoms with E-state index in [0.717, 1.165) is 17.8 Å². The molecule has 0 amide bonds. The molecule has 2 heterocycles. The molecule has 0 spiro atoms. The van der Waals surface area contributed by atoms with Crippen molar-refractivity contribution in [2.45, 2.75) is 5.92 Å². The number of dihydropyridines is 1. The molecule has 0 fully saturated rings. The number of allylic oxidation sites excluding steroid dienone is 1. The first kappa shape index (κ1) is 7.98. The lowest BCUT2D eigenvalue weighted by molar-refractivity contribution is 0.780. The third kappa shape index (κ3) is 1.59. The molecule has 3 heteroatoms. The summed E-state index contributed by atoms with van der Waals surface area (Å²) in [6.07, 6.45) is 7.20. The van der Waals surface area contributed by atoms with Gasteiger partial charge in [-0.15, -0.1) is 0 Å². The zero-order valence-electron chi connectivity index (χ0n) is 7.22. The Bertz CT molecular complexity index is 340. The average molecular weight is 173 g/mol. The Morgan fingerprint density at radius 1 is 1.46 bits per heavy atom. The molecule has 0 saturated carbocycles. The molecule has 1 aromatic heterocycles. The van der Waals surface area contributed by atoms with Gasteiger partial charge in [0.1, 0.15) is 0 Å². The van der Waals surface area contributed by atoms with E-state index >= 15 is 0 Å². The highest BCUT2D eigenvalue weighted by atomic mass is 14.8. The van der Waals surface area contributed by atoms with Crippen molar-refractivity contribution in [3.63, 3.8) is 0 Å². The standard InChI is InChI=1S/C10H11N3/c11-10-3-5-13-7-9(10)8-2-1-4-12-6-8/h1-6,9H,7,11H2. The number of nitrogens with zero attached hydrogens (tertiary/aromatic N) is 2. The van der Waals surface area contributed by atoms with Crippen LogP contribution in [0.5, 0.6) is 0 Å². The fourth-order valence-corrected chi connectivity index (χ4v) is 1.41. The Labute approximate surface area is 77.0 Å². The molecule has 0 bridgehead atoms. The molecular weight excluding hydrogens is 162 g/mol. The van der Waals surface area contributed by atoms with Gasteiger partial charge < -0.3 is 5.73 Å². The number of pyridine rings is 1. The second-order valence-electron chi connectivity index (χ2n) is 3.02. The minimum atomic E-state index is 0.207. The van der Waals surface area contributed by atoms with Crippen LogP contribution in [0.1, 0.15) is 11.5 Å². The minimum absolute atomic E-state index is 0.207. The fourth-order valence-electron chi connectivity index (χ4n) is 1.41. The molecule has 1 aliphatic rings. The molecule has 0 saturated heterocycles. The molecular formula is C10H11N3. The van der Waals surface area contributed by atoms with Crippen molar-refractivity contribution in [3.05, 3.63) is 41.9 Å². The van der Waals surface area contributed by atoms with Gasteiger partial charge in [-0.1, -0.05) is 6.07 Å². The number of hydrogen-bond acceptors (Lipinski definition) is 3. The first-order chi connectivity index (χ1) is 6.38. The quantitative estimate of drug-likeness (QED) is 0.691. The Hall–Kier alpha value is -1.64. The Morgan fingerprint density at radius 2 is 2.38 bits per heavy atom. The predicted molar refractivity (Wildman–Crippen MR) is 52.6 cm³/mol. The summed E-state index contributed by atoms with van der Waals surface area (Å²) in [6.45, 7) is 0.730. The molecule has 1 unspecified atom stereocenters. The van der Waals surface area contributed by atoms with Gasteiger partial charge in [0.05, 0.1) is 6.54 Å². The first-order valence-electron chi connectivity index (χ1n) is 4.23. The molecule has 2 N–H and O–H groups in total. The summed E-state index contributed by atoms with van der Waals surface area (Å²) in [5, 5.41) is 0. The third-order valence-corrected chi connectivity index (χ3v) is 2.15. The van der Waals surface area contributed by atoms with E-state index in [1.165, 1.54) is 0 Å². The predicted octanol–water partition coefficient (Wildman–Crippen LogP) is 1.09. The maximum atomic E-state index is 5.85. The van der Waals surface area contributed by atoms with Crippen LogP contribution in [0.2, 0.25) is 0 Å². The molecule has 1 atom stereocenters. The number of hydrogen-bond donors (Lipinski definition) is 1. The van der Waals surface area contributed by atoms with E-state index in [1.807, 2.05) is 24.4 Å². The molecule has 0 aromatic carbocycles. The van der Waals surface area contributed by atoms with E-state index in [0.29, 0.717) is 0 Å². The number of nitrogens with two attached hydrogens (primary N) is 1. The van der Waals surface area contributed by atoms with Crippen molar-refractivity contribution < 1.29 is 0 Å². The highest BCUT2D eigenvalue weighted by Gasteiger charge is 2.15. The number of rotatable bonds is 1. The second-order valence-corrected chi connectivity index (χ2v) is 3.02. The Balaban J connectivity index is 2.28. The zero-order valence-corrected chi connectivity index (χ0v) is 7.22. The highest BCUT2D eigenvalue weighted by molar-refractivity contribution is 5.73. The van der Waals surface area contributed by atoms with Crippen LogP contribution < -0.4 is 5.73 Å². The summed E-state index contributed by atoms with van der Waals surface area (Å²) in [5.41, 5.74) is 7.85. The van der Waals surface area contributed by atoms with Gasteiger partial charge in [-0.25, -0.2) is 0 Å². The van der Waals surface area contributed by atoms with E-state index in [-0.39, 0.29) is 5.92 Å². The molecule has 0 aliphatic carbocycles. The van der Waals surface area contributed by atoms with Gasteiger partial charge in [-0.2, -0.15) is 0 Å². The van der Waals surface area contributed by atoms with E-state index < -0.39 is 0 Å². The summed E-state index contributed by atoms with van der Waals surface area (Å²) in [6, 6.07) is 3.94. The zero-order chi connectivity index (χ0) is 9.10. The normalized spacial score (nSPS) is 21.2. The van der Waals surface area contributed by atoms with Crippen LogP contribution in [0.4, 0.5) is 0 Å². The van der Waals surface area contributed by atoms with Crippen LogP contribution in [0.3, 0.4) is 0 Å².